The van der Waals surface area contributed by atoms with Crippen molar-refractivity contribution < 1.29 is 8.78 Å². The Morgan fingerprint density at radius 3 is 2.72 bits per heavy atom. The molecule has 5 N–H and O–H groups in total. The number of hydrogen-bond acceptors (Lipinski definition) is 6. The monoisotopic (exact) mass is 400 g/mol. The first-order valence-electron chi connectivity index (χ1n) is 9.22. The van der Waals surface area contributed by atoms with Crippen molar-refractivity contribution in [2.75, 3.05) is 10.6 Å². The lowest BCUT2D eigenvalue weighted by Gasteiger charge is -2.33. The summed E-state index contributed by atoms with van der Waals surface area (Å²) in [5.74, 6) is -0.994. The Bertz CT molecular complexity index is 1080. The second kappa shape index (κ2) is 6.96. The van der Waals surface area contributed by atoms with Crippen molar-refractivity contribution in [3.63, 3.8) is 0 Å². The number of benzene rings is 1. The molecule has 29 heavy (non-hydrogen) atoms. The lowest BCUT2D eigenvalue weighted by molar-refractivity contribution is 0.465. The molecule has 1 aromatic carbocycles. The number of halogens is 2. The van der Waals surface area contributed by atoms with Gasteiger partial charge in [-0.1, -0.05) is 6.07 Å². The number of aliphatic imine (C=N–C) groups is 1. The Hall–Kier alpha value is -3.27. The van der Waals surface area contributed by atoms with Gasteiger partial charge in [0.25, 0.3) is 0 Å². The van der Waals surface area contributed by atoms with Crippen molar-refractivity contribution >= 4 is 17.5 Å². The number of amidine groups is 1. The van der Waals surface area contributed by atoms with Gasteiger partial charge in [-0.2, -0.15) is 10.2 Å². The minimum atomic E-state index is -1.37. The fraction of sp³-hybridized carbons (Fsp3) is 0.316. The summed E-state index contributed by atoms with van der Waals surface area (Å²) < 4.78 is 29.3. The van der Waals surface area contributed by atoms with E-state index in [0.29, 0.717) is 17.5 Å². The third kappa shape index (κ3) is 3.70. The quantitative estimate of drug-likeness (QED) is 0.538. The molecule has 0 saturated carbocycles. The van der Waals surface area contributed by atoms with E-state index in [-0.39, 0.29) is 18.0 Å². The number of anilines is 2. The molecule has 0 amide bonds. The van der Waals surface area contributed by atoms with Gasteiger partial charge < -0.3 is 10.6 Å². The van der Waals surface area contributed by atoms with Gasteiger partial charge in [-0.25, -0.2) is 18.5 Å². The Balaban J connectivity index is 1.75. The smallest absolute Gasteiger partial charge is 0.189 e. The zero-order valence-corrected chi connectivity index (χ0v) is 16.3. The Labute approximate surface area is 166 Å². The summed E-state index contributed by atoms with van der Waals surface area (Å²) in [5.41, 5.74) is 8.38. The molecular formula is C19H22F2N8. The average molecular weight is 400 g/mol. The van der Waals surface area contributed by atoms with E-state index in [0.717, 1.165) is 17.3 Å². The molecule has 152 valence electrons. The number of nitrogens with zero attached hydrogens (tertiary/aromatic N) is 4. The van der Waals surface area contributed by atoms with E-state index in [9.17, 15) is 8.78 Å². The predicted molar refractivity (Wildman–Crippen MR) is 107 cm³/mol. The van der Waals surface area contributed by atoms with Crippen LogP contribution in [0.3, 0.4) is 0 Å². The largest absolute Gasteiger partial charge is 0.333 e. The van der Waals surface area contributed by atoms with Gasteiger partial charge in [0, 0.05) is 30.3 Å². The SMILES string of the molecule is Cc1cc(NC2=NC(N)(Cc3ccc(F)cc3F)Nc3c2cnn3C(C)C)n[nH]1. The van der Waals surface area contributed by atoms with Crippen LogP contribution in [0.5, 0.6) is 0 Å². The second-order valence-electron chi connectivity index (χ2n) is 7.43. The number of hydrogen-bond donors (Lipinski definition) is 4. The number of rotatable bonds is 4. The highest BCUT2D eigenvalue weighted by molar-refractivity contribution is 6.12. The van der Waals surface area contributed by atoms with E-state index >= 15 is 0 Å². The van der Waals surface area contributed by atoms with Gasteiger partial charge in [0.15, 0.2) is 11.6 Å². The summed E-state index contributed by atoms with van der Waals surface area (Å²) in [7, 11) is 0. The van der Waals surface area contributed by atoms with Gasteiger partial charge in [0.1, 0.15) is 23.3 Å². The summed E-state index contributed by atoms with van der Waals surface area (Å²) in [4.78, 5) is 4.60. The molecule has 4 rings (SSSR count). The first-order valence-corrected chi connectivity index (χ1v) is 9.22. The van der Waals surface area contributed by atoms with Crippen LogP contribution in [-0.4, -0.2) is 31.6 Å². The Morgan fingerprint density at radius 2 is 2.07 bits per heavy atom. The molecule has 3 heterocycles. The van der Waals surface area contributed by atoms with E-state index in [1.54, 1.807) is 10.9 Å². The number of aromatic amines is 1. The van der Waals surface area contributed by atoms with Crippen molar-refractivity contribution in [2.24, 2.45) is 10.7 Å². The molecule has 1 aliphatic rings. The number of aromatic nitrogens is 4. The highest BCUT2D eigenvalue weighted by Gasteiger charge is 2.35. The van der Waals surface area contributed by atoms with E-state index in [4.69, 9.17) is 5.73 Å². The summed E-state index contributed by atoms with van der Waals surface area (Å²) in [6, 6.07) is 5.29. The van der Waals surface area contributed by atoms with Crippen molar-refractivity contribution in [1.29, 1.82) is 0 Å². The predicted octanol–water partition coefficient (Wildman–Crippen LogP) is 2.91. The molecule has 0 saturated heterocycles. The minimum absolute atomic E-state index is 0.00655. The molecule has 0 aliphatic carbocycles. The second-order valence-corrected chi connectivity index (χ2v) is 7.43. The summed E-state index contributed by atoms with van der Waals surface area (Å²) >= 11 is 0. The van der Waals surface area contributed by atoms with Gasteiger partial charge in [0.2, 0.25) is 0 Å². The third-order valence-electron chi connectivity index (χ3n) is 4.61. The molecule has 8 nitrogen and oxygen atoms in total. The van der Waals surface area contributed by atoms with Crippen molar-refractivity contribution in [3.8, 4) is 0 Å². The van der Waals surface area contributed by atoms with Crippen LogP contribution in [-0.2, 0) is 6.42 Å². The Morgan fingerprint density at radius 1 is 1.28 bits per heavy atom. The normalized spacial score (nSPS) is 18.4. The molecule has 10 heteroatoms. The van der Waals surface area contributed by atoms with E-state index < -0.39 is 17.4 Å². The molecule has 1 atom stereocenters. The third-order valence-corrected chi connectivity index (χ3v) is 4.61. The van der Waals surface area contributed by atoms with Crippen molar-refractivity contribution in [1.82, 2.24) is 20.0 Å². The molecule has 0 spiro atoms. The maximum Gasteiger partial charge on any atom is 0.189 e. The number of aryl methyl sites for hydroxylation is 1. The molecule has 3 aromatic rings. The van der Waals surface area contributed by atoms with Gasteiger partial charge in [0.05, 0.1) is 11.8 Å². The molecule has 2 aromatic heterocycles. The fourth-order valence-electron chi connectivity index (χ4n) is 3.28. The van der Waals surface area contributed by atoms with E-state index in [1.165, 1.54) is 12.1 Å². The summed E-state index contributed by atoms with van der Waals surface area (Å²) in [6.45, 7) is 5.86. The van der Waals surface area contributed by atoms with Crippen molar-refractivity contribution in [3.05, 3.63) is 58.9 Å². The number of H-pyrrole nitrogens is 1. The van der Waals surface area contributed by atoms with Crippen LogP contribution in [0.1, 0.15) is 36.7 Å². The zero-order chi connectivity index (χ0) is 20.8. The highest BCUT2D eigenvalue weighted by atomic mass is 19.1. The van der Waals surface area contributed by atoms with E-state index in [1.807, 2.05) is 26.8 Å². The maximum atomic E-state index is 14.2. The van der Waals surface area contributed by atoms with Gasteiger partial charge >= 0.3 is 0 Å². The lowest BCUT2D eigenvalue weighted by Crippen LogP contribution is -2.52. The zero-order valence-electron chi connectivity index (χ0n) is 16.3. The van der Waals surface area contributed by atoms with Crippen LogP contribution in [0.4, 0.5) is 20.4 Å². The molecule has 0 fully saturated rings. The lowest BCUT2D eigenvalue weighted by atomic mass is 10.0. The Kier molecular flexibility index (Phi) is 4.58. The number of fused-ring (bicyclic) bond motifs is 1. The van der Waals surface area contributed by atoms with Crippen LogP contribution in [0.2, 0.25) is 0 Å². The van der Waals surface area contributed by atoms with Gasteiger partial charge in [-0.15, -0.1) is 0 Å². The standard InChI is InChI=1S/C19H22F2N8/c1-10(2)29-18-14(9-23-29)17(24-16-6-11(3)27-28-16)25-19(22,26-18)8-12-4-5-13(20)7-15(12)21/h4-7,9-10,26H,8,22H2,1-3H3,(H2,24,25,27,28). The van der Waals surface area contributed by atoms with Gasteiger partial charge in [-0.05, 0) is 32.4 Å². The molecule has 0 bridgehead atoms. The highest BCUT2D eigenvalue weighted by Crippen LogP contribution is 2.30. The van der Waals surface area contributed by atoms with Gasteiger partial charge in [-0.3, -0.25) is 10.8 Å². The van der Waals surface area contributed by atoms with Crippen LogP contribution in [0, 0.1) is 18.6 Å². The first-order chi connectivity index (χ1) is 13.7. The minimum Gasteiger partial charge on any atom is -0.333 e. The van der Waals surface area contributed by atoms with Crippen LogP contribution >= 0.6 is 0 Å². The first kappa shape index (κ1) is 19.1. The number of nitrogens with one attached hydrogen (secondary N) is 3. The van der Waals surface area contributed by atoms with Crippen LogP contribution in [0.25, 0.3) is 0 Å². The van der Waals surface area contributed by atoms with E-state index in [2.05, 4.69) is 30.9 Å². The molecule has 1 unspecified atom stereocenters. The molecule has 0 radical (unpaired) electrons. The van der Waals surface area contributed by atoms with Crippen molar-refractivity contribution in [2.45, 2.75) is 39.0 Å². The van der Waals surface area contributed by atoms with Crippen LogP contribution < -0.4 is 16.4 Å². The average Bonchev–Trinajstić information content (AvgIpc) is 3.23. The molecule has 1 aliphatic heterocycles. The fourth-order valence-corrected chi connectivity index (χ4v) is 3.28. The van der Waals surface area contributed by atoms with Crippen LogP contribution in [0.15, 0.2) is 35.5 Å². The maximum absolute atomic E-state index is 14.2. The number of nitrogens with two attached hydrogens (primary N) is 1. The summed E-state index contributed by atoms with van der Waals surface area (Å²) in [6.07, 6.45) is 1.69. The summed E-state index contributed by atoms with van der Waals surface area (Å²) in [5, 5.41) is 17.8. The molecular weight excluding hydrogens is 378 g/mol. The topological polar surface area (TPSA) is 109 Å².